The maximum Gasteiger partial charge on any atom is 0.228 e. The minimum absolute atomic E-state index is 0.0451. The van der Waals surface area contributed by atoms with Gasteiger partial charge in [-0.3, -0.25) is 9.59 Å². The third-order valence-corrected chi connectivity index (χ3v) is 6.17. The van der Waals surface area contributed by atoms with Crippen LogP contribution in [0.3, 0.4) is 0 Å². The molecule has 0 spiro atoms. The standard InChI is InChI=1S/C21H23FN2O3S/c22-18-7-1-2-8-19(18)24-12-15(11-20(24)25)21(26)23(13-16-5-3-9-27-16)14-17-6-4-10-28-17/h1-2,4,6-8,10,15-16H,3,5,9,11-14H2. The first kappa shape index (κ1) is 19.1. The van der Waals surface area contributed by atoms with E-state index in [9.17, 15) is 14.0 Å². The fourth-order valence-electron chi connectivity index (χ4n) is 3.89. The molecule has 0 aliphatic carbocycles. The number of para-hydroxylation sites is 1. The van der Waals surface area contributed by atoms with E-state index in [4.69, 9.17) is 4.74 Å². The molecule has 0 N–H and O–H groups in total. The third-order valence-electron chi connectivity index (χ3n) is 5.30. The molecule has 2 amide bonds. The van der Waals surface area contributed by atoms with Crippen molar-refractivity contribution < 1.29 is 18.7 Å². The molecule has 0 bridgehead atoms. The quantitative estimate of drug-likeness (QED) is 0.744. The highest BCUT2D eigenvalue weighted by Gasteiger charge is 2.38. The number of thiophene rings is 1. The first-order chi connectivity index (χ1) is 13.6. The Bertz CT molecular complexity index is 836. The van der Waals surface area contributed by atoms with Crippen LogP contribution >= 0.6 is 11.3 Å². The van der Waals surface area contributed by atoms with Gasteiger partial charge in [0.1, 0.15) is 5.82 Å². The molecule has 3 heterocycles. The fourth-order valence-corrected chi connectivity index (χ4v) is 4.61. The molecule has 1 aromatic carbocycles. The number of anilines is 1. The zero-order valence-corrected chi connectivity index (χ0v) is 16.4. The molecule has 148 valence electrons. The van der Waals surface area contributed by atoms with Crippen LogP contribution in [0.5, 0.6) is 0 Å². The summed E-state index contributed by atoms with van der Waals surface area (Å²) in [4.78, 5) is 30.1. The van der Waals surface area contributed by atoms with Gasteiger partial charge in [-0.1, -0.05) is 18.2 Å². The van der Waals surface area contributed by atoms with Crippen molar-refractivity contribution in [3.63, 3.8) is 0 Å². The number of hydrogen-bond acceptors (Lipinski definition) is 4. The summed E-state index contributed by atoms with van der Waals surface area (Å²) < 4.78 is 19.8. The van der Waals surface area contributed by atoms with E-state index in [1.54, 1.807) is 29.5 Å². The van der Waals surface area contributed by atoms with E-state index < -0.39 is 11.7 Å². The van der Waals surface area contributed by atoms with Gasteiger partial charge < -0.3 is 14.5 Å². The lowest BCUT2D eigenvalue weighted by atomic mass is 10.1. The van der Waals surface area contributed by atoms with E-state index in [0.29, 0.717) is 13.1 Å². The molecule has 28 heavy (non-hydrogen) atoms. The minimum atomic E-state index is -0.464. The summed E-state index contributed by atoms with van der Waals surface area (Å²) >= 11 is 1.61. The van der Waals surface area contributed by atoms with Crippen molar-refractivity contribution in [3.8, 4) is 0 Å². The van der Waals surface area contributed by atoms with E-state index in [2.05, 4.69) is 0 Å². The van der Waals surface area contributed by atoms with Crippen molar-refractivity contribution in [2.45, 2.75) is 31.9 Å². The summed E-state index contributed by atoms with van der Waals surface area (Å²) in [5.41, 5.74) is 0.242. The second kappa shape index (κ2) is 8.41. The van der Waals surface area contributed by atoms with E-state index in [-0.39, 0.29) is 36.6 Å². The van der Waals surface area contributed by atoms with Crippen molar-refractivity contribution >= 4 is 28.8 Å². The van der Waals surface area contributed by atoms with E-state index in [1.807, 2.05) is 22.4 Å². The molecule has 2 saturated heterocycles. The molecule has 4 rings (SSSR count). The van der Waals surface area contributed by atoms with Gasteiger partial charge in [-0.25, -0.2) is 4.39 Å². The highest BCUT2D eigenvalue weighted by Crippen LogP contribution is 2.29. The highest BCUT2D eigenvalue weighted by molar-refractivity contribution is 7.09. The predicted molar refractivity (Wildman–Crippen MR) is 106 cm³/mol. The van der Waals surface area contributed by atoms with Crippen molar-refractivity contribution in [2.24, 2.45) is 5.92 Å². The largest absolute Gasteiger partial charge is 0.376 e. The molecule has 5 nitrogen and oxygen atoms in total. The fraction of sp³-hybridized carbons (Fsp3) is 0.429. The highest BCUT2D eigenvalue weighted by atomic mass is 32.1. The topological polar surface area (TPSA) is 49.9 Å². The monoisotopic (exact) mass is 402 g/mol. The van der Waals surface area contributed by atoms with Crippen LogP contribution in [0.25, 0.3) is 0 Å². The summed E-state index contributed by atoms with van der Waals surface area (Å²) in [6.45, 7) is 1.99. The van der Waals surface area contributed by atoms with Gasteiger partial charge in [0, 0.05) is 31.0 Å². The van der Waals surface area contributed by atoms with Crippen molar-refractivity contribution in [2.75, 3.05) is 24.6 Å². The van der Waals surface area contributed by atoms with Crippen molar-refractivity contribution in [1.82, 2.24) is 4.90 Å². The Hall–Kier alpha value is -2.25. The molecule has 2 fully saturated rings. The Morgan fingerprint density at radius 1 is 1.29 bits per heavy atom. The smallest absolute Gasteiger partial charge is 0.228 e. The maximum atomic E-state index is 14.1. The molecule has 7 heteroatoms. The van der Waals surface area contributed by atoms with E-state index in [0.717, 1.165) is 24.3 Å². The first-order valence-corrected chi connectivity index (χ1v) is 10.5. The lowest BCUT2D eigenvalue weighted by Crippen LogP contribution is -2.41. The summed E-state index contributed by atoms with van der Waals surface area (Å²) in [5.74, 6) is -1.18. The molecule has 2 atom stereocenters. The van der Waals surface area contributed by atoms with Crippen LogP contribution in [0, 0.1) is 11.7 Å². The lowest BCUT2D eigenvalue weighted by molar-refractivity contribution is -0.138. The van der Waals surface area contributed by atoms with E-state index in [1.165, 1.54) is 11.0 Å². The summed E-state index contributed by atoms with van der Waals surface area (Å²) in [5, 5.41) is 1.99. The number of benzene rings is 1. The van der Waals surface area contributed by atoms with Gasteiger partial charge in [0.25, 0.3) is 0 Å². The Labute approximate surface area is 167 Å². The summed E-state index contributed by atoms with van der Waals surface area (Å²) in [7, 11) is 0. The Kier molecular flexibility index (Phi) is 5.73. The minimum Gasteiger partial charge on any atom is -0.376 e. The van der Waals surface area contributed by atoms with Crippen LogP contribution in [-0.4, -0.2) is 42.5 Å². The summed E-state index contributed by atoms with van der Waals surface area (Å²) in [6.07, 6.45) is 2.11. The average Bonchev–Trinajstić information content (AvgIpc) is 3.44. The second-order valence-corrected chi connectivity index (χ2v) is 8.32. The van der Waals surface area contributed by atoms with Crippen LogP contribution in [0.15, 0.2) is 41.8 Å². The first-order valence-electron chi connectivity index (χ1n) is 9.59. The van der Waals surface area contributed by atoms with Crippen LogP contribution in [0.1, 0.15) is 24.1 Å². The maximum absolute atomic E-state index is 14.1. The average molecular weight is 402 g/mol. The Morgan fingerprint density at radius 3 is 2.86 bits per heavy atom. The molecule has 2 aromatic rings. The van der Waals surface area contributed by atoms with Gasteiger partial charge in [0.15, 0.2) is 0 Å². The zero-order valence-electron chi connectivity index (χ0n) is 15.6. The Morgan fingerprint density at radius 2 is 2.14 bits per heavy atom. The SMILES string of the molecule is O=C(C1CC(=O)N(c2ccccc2F)C1)N(Cc1cccs1)CC1CCCO1. The second-order valence-electron chi connectivity index (χ2n) is 7.29. The van der Waals surface area contributed by atoms with Gasteiger partial charge in [0.05, 0.1) is 24.3 Å². The number of amides is 2. The third kappa shape index (κ3) is 4.10. The van der Waals surface area contributed by atoms with Gasteiger partial charge in [0.2, 0.25) is 11.8 Å². The number of nitrogens with zero attached hydrogens (tertiary/aromatic N) is 2. The van der Waals surface area contributed by atoms with Crippen LogP contribution in [0.2, 0.25) is 0 Å². The van der Waals surface area contributed by atoms with E-state index >= 15 is 0 Å². The number of rotatable bonds is 6. The van der Waals surface area contributed by atoms with Gasteiger partial charge in [-0.2, -0.15) is 0 Å². The molecule has 2 aliphatic rings. The van der Waals surface area contributed by atoms with Crippen molar-refractivity contribution in [1.29, 1.82) is 0 Å². The summed E-state index contributed by atoms with van der Waals surface area (Å²) in [6, 6.07) is 10.2. The lowest BCUT2D eigenvalue weighted by Gasteiger charge is -2.27. The molecule has 1 aromatic heterocycles. The molecule has 2 aliphatic heterocycles. The molecular weight excluding hydrogens is 379 g/mol. The Balaban J connectivity index is 1.49. The molecule has 0 saturated carbocycles. The number of ether oxygens (including phenoxy) is 1. The normalized spacial score (nSPS) is 22.0. The predicted octanol–water partition coefficient (Wildman–Crippen LogP) is 3.45. The van der Waals surface area contributed by atoms with Crippen LogP contribution in [0.4, 0.5) is 10.1 Å². The molecule has 0 radical (unpaired) electrons. The molecular formula is C21H23FN2O3S. The van der Waals surface area contributed by atoms with Crippen molar-refractivity contribution in [3.05, 3.63) is 52.5 Å². The number of hydrogen-bond donors (Lipinski definition) is 0. The van der Waals surface area contributed by atoms with Crippen LogP contribution < -0.4 is 4.90 Å². The van der Waals surface area contributed by atoms with Gasteiger partial charge in [-0.05, 0) is 36.4 Å². The van der Waals surface area contributed by atoms with Gasteiger partial charge >= 0.3 is 0 Å². The number of carbonyl (C=O) groups is 2. The number of carbonyl (C=O) groups excluding carboxylic acids is 2. The van der Waals surface area contributed by atoms with Gasteiger partial charge in [-0.15, -0.1) is 11.3 Å². The number of halogens is 1. The molecule has 2 unspecified atom stereocenters. The zero-order chi connectivity index (χ0) is 19.5. The van der Waals surface area contributed by atoms with Crippen LogP contribution in [-0.2, 0) is 20.9 Å².